The lowest BCUT2D eigenvalue weighted by atomic mass is 9.86. The van der Waals surface area contributed by atoms with Crippen LogP contribution in [0.1, 0.15) is 36.7 Å². The molecule has 0 unspecified atom stereocenters. The van der Waals surface area contributed by atoms with E-state index in [1.165, 1.54) is 4.90 Å². The summed E-state index contributed by atoms with van der Waals surface area (Å²) >= 11 is 6.37. The molecule has 0 aromatic heterocycles. The number of anilines is 1. The highest BCUT2D eigenvalue weighted by atomic mass is 35.5. The minimum absolute atomic E-state index is 0.212. The molecule has 6 heteroatoms. The predicted molar refractivity (Wildman–Crippen MR) is 120 cm³/mol. The number of carbonyl (C=O) groups is 3. The molecule has 0 bridgehead atoms. The molecule has 3 aliphatic rings. The highest BCUT2D eigenvalue weighted by Gasteiger charge is 2.65. The lowest BCUT2D eigenvalue weighted by molar-refractivity contribution is -0.145. The first-order valence-corrected chi connectivity index (χ1v) is 10.8. The van der Waals surface area contributed by atoms with E-state index >= 15 is 0 Å². The molecule has 158 valence electrons. The molecular weight excluding hydrogens is 412 g/mol. The lowest BCUT2D eigenvalue weighted by Crippen LogP contribution is -2.52. The normalized spacial score (nSPS) is 26.7. The number of amides is 2. The van der Waals surface area contributed by atoms with Crippen molar-refractivity contribution in [2.45, 2.75) is 38.4 Å². The molecular formula is C25H23ClN2O3. The predicted octanol–water partition coefficient (Wildman–Crippen LogP) is 4.21. The summed E-state index contributed by atoms with van der Waals surface area (Å²) in [5.41, 5.74) is 1.54. The first-order valence-electron chi connectivity index (χ1n) is 10.4. The fourth-order valence-corrected chi connectivity index (χ4v) is 5.52. The minimum Gasteiger partial charge on any atom is -0.352 e. The van der Waals surface area contributed by atoms with E-state index in [1.54, 1.807) is 24.3 Å². The molecule has 0 aliphatic carbocycles. The second kappa shape index (κ2) is 6.79. The molecule has 2 aromatic carbocycles. The molecule has 3 aliphatic heterocycles. The van der Waals surface area contributed by atoms with E-state index in [-0.39, 0.29) is 23.6 Å². The number of rotatable bonds is 2. The van der Waals surface area contributed by atoms with Crippen LogP contribution in [0.5, 0.6) is 0 Å². The van der Waals surface area contributed by atoms with E-state index in [0.29, 0.717) is 10.6 Å². The van der Waals surface area contributed by atoms with Gasteiger partial charge < -0.3 is 4.90 Å². The maximum atomic E-state index is 13.9. The van der Waals surface area contributed by atoms with Gasteiger partial charge in [-0.3, -0.25) is 19.3 Å². The maximum Gasteiger partial charge on any atom is 0.236 e. The summed E-state index contributed by atoms with van der Waals surface area (Å²) in [5, 5.41) is 0.345. The number of imide groups is 1. The van der Waals surface area contributed by atoms with Crippen molar-refractivity contribution >= 4 is 41.0 Å². The smallest absolute Gasteiger partial charge is 0.236 e. The van der Waals surface area contributed by atoms with E-state index in [2.05, 4.69) is 0 Å². The zero-order valence-electron chi connectivity index (χ0n) is 17.6. The third-order valence-corrected chi connectivity index (χ3v) is 6.82. The maximum absolute atomic E-state index is 13.9. The number of hydrogen-bond acceptors (Lipinski definition) is 4. The van der Waals surface area contributed by atoms with Gasteiger partial charge in [0.15, 0.2) is 5.78 Å². The second-order valence-corrected chi connectivity index (χ2v) is 9.75. The molecule has 4 atom stereocenters. The van der Waals surface area contributed by atoms with Crippen molar-refractivity contribution < 1.29 is 14.4 Å². The fraction of sp³-hybridized carbons (Fsp3) is 0.320. The third kappa shape index (κ3) is 2.79. The van der Waals surface area contributed by atoms with Crippen LogP contribution in [0.25, 0.3) is 6.08 Å². The van der Waals surface area contributed by atoms with Crippen molar-refractivity contribution in [1.82, 2.24) is 4.90 Å². The van der Waals surface area contributed by atoms with Crippen LogP contribution in [0.3, 0.4) is 0 Å². The topological polar surface area (TPSA) is 57.7 Å². The number of para-hydroxylation sites is 1. The van der Waals surface area contributed by atoms with E-state index in [9.17, 15) is 14.4 Å². The number of carbonyl (C=O) groups excluding carboxylic acids is 3. The summed E-state index contributed by atoms with van der Waals surface area (Å²) in [6.07, 6.45) is 3.94. The highest BCUT2D eigenvalue weighted by Crippen LogP contribution is 2.50. The molecule has 5 rings (SSSR count). The molecule has 2 saturated heterocycles. The average Bonchev–Trinajstić information content (AvgIpc) is 3.20. The highest BCUT2D eigenvalue weighted by molar-refractivity contribution is 6.34. The number of hydrogen-bond donors (Lipinski definition) is 0. The van der Waals surface area contributed by atoms with Gasteiger partial charge in [-0.2, -0.15) is 0 Å². The molecule has 5 nitrogen and oxygen atoms in total. The Bertz CT molecular complexity index is 1150. The van der Waals surface area contributed by atoms with Crippen molar-refractivity contribution in [3.63, 3.8) is 0 Å². The van der Waals surface area contributed by atoms with Gasteiger partial charge in [0.25, 0.3) is 0 Å². The van der Waals surface area contributed by atoms with Crippen LogP contribution < -0.4 is 4.90 Å². The minimum atomic E-state index is -0.801. The van der Waals surface area contributed by atoms with Crippen LogP contribution in [-0.4, -0.2) is 40.1 Å². The van der Waals surface area contributed by atoms with Crippen molar-refractivity contribution in [1.29, 1.82) is 0 Å². The summed E-state index contributed by atoms with van der Waals surface area (Å²) in [6.45, 7) is 5.54. The standard InChI is InChI=1S/C25H23ClN2O3/c1-25(2,3)28-23(30)19-18-13-12-14-8-4-7-11-17(14)27(18)21(20(19)24(28)31)22(29)15-9-5-6-10-16(15)26/h4-13,18-21H,1-3H3/t18-,19-,20+,21-/m0/s1. The fourth-order valence-electron chi connectivity index (χ4n) is 5.30. The van der Waals surface area contributed by atoms with Gasteiger partial charge in [-0.05, 0) is 44.5 Å². The van der Waals surface area contributed by atoms with Crippen molar-refractivity contribution in [3.05, 3.63) is 70.8 Å². The first-order chi connectivity index (χ1) is 14.7. The zero-order valence-corrected chi connectivity index (χ0v) is 18.3. The first kappa shape index (κ1) is 20.0. The molecule has 0 saturated carbocycles. The number of Topliss-reactive ketones (excluding diaryl/α,β-unsaturated/α-hetero) is 1. The van der Waals surface area contributed by atoms with Gasteiger partial charge in [0.1, 0.15) is 6.04 Å². The van der Waals surface area contributed by atoms with Crippen LogP contribution in [0.4, 0.5) is 5.69 Å². The Hall–Kier alpha value is -2.92. The third-order valence-electron chi connectivity index (χ3n) is 6.49. The summed E-state index contributed by atoms with van der Waals surface area (Å²) in [7, 11) is 0. The number of nitrogens with zero attached hydrogens (tertiary/aromatic N) is 2. The Morgan fingerprint density at radius 3 is 2.29 bits per heavy atom. The number of likely N-dealkylation sites (tertiary alicyclic amines) is 1. The van der Waals surface area contributed by atoms with Gasteiger partial charge in [-0.25, -0.2) is 0 Å². The Morgan fingerprint density at radius 1 is 0.935 bits per heavy atom. The molecule has 3 heterocycles. The zero-order chi connectivity index (χ0) is 22.1. The van der Waals surface area contributed by atoms with Crippen LogP contribution in [0.2, 0.25) is 5.02 Å². The quantitative estimate of drug-likeness (QED) is 0.525. The van der Waals surface area contributed by atoms with Crippen LogP contribution in [0, 0.1) is 11.8 Å². The van der Waals surface area contributed by atoms with E-state index < -0.39 is 23.4 Å². The average molecular weight is 435 g/mol. The van der Waals surface area contributed by atoms with Gasteiger partial charge in [-0.15, -0.1) is 0 Å². The monoisotopic (exact) mass is 434 g/mol. The molecule has 2 fully saturated rings. The van der Waals surface area contributed by atoms with Crippen LogP contribution >= 0.6 is 11.6 Å². The number of fused-ring (bicyclic) bond motifs is 5. The van der Waals surface area contributed by atoms with Crippen molar-refractivity contribution in [3.8, 4) is 0 Å². The van der Waals surface area contributed by atoms with Gasteiger partial charge in [-0.1, -0.05) is 54.1 Å². The number of halogens is 1. The van der Waals surface area contributed by atoms with E-state index in [0.717, 1.165) is 11.3 Å². The lowest BCUT2D eigenvalue weighted by Gasteiger charge is -2.38. The number of benzene rings is 2. The molecule has 0 N–H and O–H groups in total. The van der Waals surface area contributed by atoms with Crippen LogP contribution in [-0.2, 0) is 9.59 Å². The van der Waals surface area contributed by atoms with E-state index in [4.69, 9.17) is 11.6 Å². The molecule has 0 spiro atoms. The van der Waals surface area contributed by atoms with Crippen molar-refractivity contribution in [2.24, 2.45) is 11.8 Å². The number of ketones is 1. The van der Waals surface area contributed by atoms with Gasteiger partial charge >= 0.3 is 0 Å². The Morgan fingerprint density at radius 2 is 1.58 bits per heavy atom. The Kier molecular flexibility index (Phi) is 4.38. The molecule has 2 aromatic rings. The SMILES string of the molecule is CC(C)(C)N1C(=O)[C@@H]2[C@@H](C1=O)[C@@H]1C=Cc3ccccc3N1[C@@H]2C(=O)c1ccccc1Cl. The summed E-state index contributed by atoms with van der Waals surface area (Å²) in [6, 6.07) is 13.5. The van der Waals surface area contributed by atoms with E-state index in [1.807, 2.05) is 62.1 Å². The molecule has 2 amide bonds. The van der Waals surface area contributed by atoms with Gasteiger partial charge in [0, 0.05) is 16.8 Å². The second-order valence-electron chi connectivity index (χ2n) is 9.34. The van der Waals surface area contributed by atoms with Crippen LogP contribution in [0.15, 0.2) is 54.6 Å². The largest absolute Gasteiger partial charge is 0.352 e. The van der Waals surface area contributed by atoms with Crippen molar-refractivity contribution in [2.75, 3.05) is 4.90 Å². The summed E-state index contributed by atoms with van der Waals surface area (Å²) in [4.78, 5) is 44.3. The Balaban J connectivity index is 1.69. The summed E-state index contributed by atoms with van der Waals surface area (Å²) in [5.74, 6) is -2.08. The molecule has 0 radical (unpaired) electrons. The molecule has 31 heavy (non-hydrogen) atoms. The van der Waals surface area contributed by atoms with Gasteiger partial charge in [0.2, 0.25) is 11.8 Å². The van der Waals surface area contributed by atoms with Gasteiger partial charge in [0.05, 0.1) is 22.9 Å². The summed E-state index contributed by atoms with van der Waals surface area (Å²) < 4.78 is 0. The Labute approximate surface area is 186 Å².